The van der Waals surface area contributed by atoms with E-state index in [1.165, 1.54) is 0 Å². The van der Waals surface area contributed by atoms with Gasteiger partial charge in [-0.1, -0.05) is 20.3 Å². The van der Waals surface area contributed by atoms with E-state index in [2.05, 4.69) is 4.98 Å². The minimum atomic E-state index is -0.662. The summed E-state index contributed by atoms with van der Waals surface area (Å²) in [6, 6.07) is -0.662. The summed E-state index contributed by atoms with van der Waals surface area (Å²) in [5.41, 5.74) is 6.22. The number of nitrogens with two attached hydrogens (primary N) is 1. The third kappa shape index (κ3) is 2.04. The molecular formula is C11H18N2O3. The van der Waals surface area contributed by atoms with Gasteiger partial charge in [0.1, 0.15) is 0 Å². The maximum absolute atomic E-state index is 12.0. The summed E-state index contributed by atoms with van der Waals surface area (Å²) in [6.45, 7) is 5.38. The van der Waals surface area contributed by atoms with Gasteiger partial charge < -0.3 is 15.9 Å². The van der Waals surface area contributed by atoms with Gasteiger partial charge in [-0.3, -0.25) is 9.78 Å². The minimum Gasteiger partial charge on any atom is -0.494 e. The van der Waals surface area contributed by atoms with Crippen LogP contribution in [0.1, 0.15) is 36.2 Å². The number of carbonyl (C=O) groups is 1. The first kappa shape index (κ1) is 12.6. The van der Waals surface area contributed by atoms with Crippen LogP contribution in [0.15, 0.2) is 0 Å². The molecule has 0 bridgehead atoms. The van der Waals surface area contributed by atoms with Crippen LogP contribution in [0.4, 0.5) is 0 Å². The van der Waals surface area contributed by atoms with Crippen molar-refractivity contribution in [2.75, 3.05) is 0 Å². The number of aromatic amines is 1. The molecule has 2 atom stereocenters. The normalized spacial score (nSPS) is 14.8. The molecule has 0 aliphatic carbocycles. The van der Waals surface area contributed by atoms with Gasteiger partial charge in [0.2, 0.25) is 5.88 Å². The number of H-pyrrole nitrogens is 1. The van der Waals surface area contributed by atoms with Crippen molar-refractivity contribution in [2.45, 2.75) is 33.2 Å². The van der Waals surface area contributed by atoms with Crippen LogP contribution in [0.5, 0.6) is 11.8 Å². The summed E-state index contributed by atoms with van der Waals surface area (Å²) in [7, 11) is 0. The number of nitrogens with one attached hydrogen (secondary N) is 1. The molecule has 0 aromatic carbocycles. The van der Waals surface area contributed by atoms with Crippen molar-refractivity contribution in [1.29, 1.82) is 0 Å². The summed E-state index contributed by atoms with van der Waals surface area (Å²) in [4.78, 5) is 14.3. The molecule has 0 spiro atoms. The zero-order valence-electron chi connectivity index (χ0n) is 9.74. The van der Waals surface area contributed by atoms with E-state index in [0.29, 0.717) is 5.56 Å². The van der Waals surface area contributed by atoms with Gasteiger partial charge in [0, 0.05) is 5.56 Å². The highest BCUT2D eigenvalue weighted by molar-refractivity contribution is 6.03. The van der Waals surface area contributed by atoms with Gasteiger partial charge in [-0.2, -0.15) is 0 Å². The molecule has 5 nitrogen and oxygen atoms in total. The minimum absolute atomic E-state index is 0.0309. The highest BCUT2D eigenvalue weighted by Gasteiger charge is 2.27. The molecule has 0 saturated carbocycles. The predicted molar refractivity (Wildman–Crippen MR) is 60.6 cm³/mol. The Morgan fingerprint density at radius 1 is 1.44 bits per heavy atom. The Hall–Kier alpha value is -1.49. The lowest BCUT2D eigenvalue weighted by Crippen LogP contribution is -2.36. The lowest BCUT2D eigenvalue weighted by atomic mass is 9.92. The number of aromatic nitrogens is 1. The van der Waals surface area contributed by atoms with Crippen LogP contribution in [0.3, 0.4) is 0 Å². The maximum Gasteiger partial charge on any atom is 0.202 e. The average Bonchev–Trinajstić information content (AvgIpc) is 2.50. The molecular weight excluding hydrogens is 208 g/mol. The van der Waals surface area contributed by atoms with E-state index < -0.39 is 6.04 Å². The first-order valence-electron chi connectivity index (χ1n) is 5.30. The third-order valence-electron chi connectivity index (χ3n) is 3.01. The summed E-state index contributed by atoms with van der Waals surface area (Å²) in [6.07, 6.45) is 0.781. The first-order valence-corrected chi connectivity index (χ1v) is 5.30. The second-order valence-corrected chi connectivity index (χ2v) is 4.10. The molecule has 1 aromatic heterocycles. The summed E-state index contributed by atoms with van der Waals surface area (Å²) >= 11 is 0. The molecule has 0 fully saturated rings. The van der Waals surface area contributed by atoms with Crippen LogP contribution < -0.4 is 5.73 Å². The molecule has 0 aliphatic rings. The van der Waals surface area contributed by atoms with E-state index in [1.54, 1.807) is 6.92 Å². The number of hydrogen-bond donors (Lipinski definition) is 4. The van der Waals surface area contributed by atoms with Gasteiger partial charge in [-0.25, -0.2) is 0 Å². The highest BCUT2D eigenvalue weighted by Crippen LogP contribution is 2.29. The van der Waals surface area contributed by atoms with E-state index >= 15 is 0 Å². The van der Waals surface area contributed by atoms with E-state index in [-0.39, 0.29) is 29.0 Å². The largest absolute Gasteiger partial charge is 0.494 e. The molecule has 16 heavy (non-hydrogen) atoms. The number of carbonyl (C=O) groups excluding carboxylic acids is 1. The van der Waals surface area contributed by atoms with Gasteiger partial charge in [0.25, 0.3) is 0 Å². The van der Waals surface area contributed by atoms with Gasteiger partial charge in [0.05, 0.1) is 11.6 Å². The number of Topliss-reactive ketones (excluding diaryl/α,β-unsaturated/α-hetero) is 1. The molecule has 5 heteroatoms. The Morgan fingerprint density at radius 2 is 2.00 bits per heavy atom. The third-order valence-corrected chi connectivity index (χ3v) is 3.01. The van der Waals surface area contributed by atoms with E-state index in [1.807, 2.05) is 13.8 Å². The molecule has 1 rings (SSSR count). The maximum atomic E-state index is 12.0. The predicted octanol–water partition coefficient (Wildman–Crippen LogP) is 1.29. The SMILES string of the molecule is CC[C@@H](C)[C@H](N)C(=O)c1c(O)[nH]c(O)c1C. The van der Waals surface area contributed by atoms with Crippen molar-refractivity contribution in [2.24, 2.45) is 11.7 Å². The molecule has 1 heterocycles. The summed E-state index contributed by atoms with van der Waals surface area (Å²) < 4.78 is 0. The van der Waals surface area contributed by atoms with Gasteiger partial charge >= 0.3 is 0 Å². The molecule has 1 aromatic rings. The van der Waals surface area contributed by atoms with Crippen LogP contribution in [-0.2, 0) is 0 Å². The second kappa shape index (κ2) is 4.57. The fraction of sp³-hybridized carbons (Fsp3) is 0.545. The zero-order chi connectivity index (χ0) is 12.5. The number of aromatic hydroxyl groups is 2. The molecule has 0 aliphatic heterocycles. The lowest BCUT2D eigenvalue weighted by Gasteiger charge is -2.16. The van der Waals surface area contributed by atoms with Crippen LogP contribution >= 0.6 is 0 Å². The molecule has 0 radical (unpaired) electrons. The standard InChI is InChI=1S/C11H18N2O3/c1-4-5(2)8(12)9(14)7-6(3)10(15)13-11(7)16/h5,8,13,15-16H,4,12H2,1-3H3/t5-,8+/m1/s1. The topological polar surface area (TPSA) is 99.3 Å². The first-order chi connectivity index (χ1) is 7.40. The summed E-state index contributed by atoms with van der Waals surface area (Å²) in [5, 5.41) is 18.8. The number of hydrogen-bond acceptors (Lipinski definition) is 4. The summed E-state index contributed by atoms with van der Waals surface area (Å²) in [5.74, 6) is -0.833. The molecule has 0 unspecified atom stereocenters. The Kier molecular flexibility index (Phi) is 3.59. The van der Waals surface area contributed by atoms with Crippen LogP contribution in [0.25, 0.3) is 0 Å². The van der Waals surface area contributed by atoms with Crippen molar-refractivity contribution < 1.29 is 15.0 Å². The number of rotatable bonds is 4. The molecule has 0 saturated heterocycles. The van der Waals surface area contributed by atoms with Gasteiger partial charge in [-0.15, -0.1) is 0 Å². The second-order valence-electron chi connectivity index (χ2n) is 4.10. The Morgan fingerprint density at radius 3 is 2.38 bits per heavy atom. The Bertz CT molecular complexity index is 398. The molecule has 90 valence electrons. The van der Waals surface area contributed by atoms with Crippen LogP contribution in [0, 0.1) is 12.8 Å². The Balaban J connectivity index is 3.05. The van der Waals surface area contributed by atoms with Crippen molar-refractivity contribution in [3.8, 4) is 11.8 Å². The van der Waals surface area contributed by atoms with Crippen molar-refractivity contribution >= 4 is 5.78 Å². The van der Waals surface area contributed by atoms with Crippen molar-refractivity contribution in [3.05, 3.63) is 11.1 Å². The zero-order valence-corrected chi connectivity index (χ0v) is 9.74. The quantitative estimate of drug-likeness (QED) is 0.581. The highest BCUT2D eigenvalue weighted by atomic mass is 16.3. The monoisotopic (exact) mass is 226 g/mol. The smallest absolute Gasteiger partial charge is 0.202 e. The molecule has 5 N–H and O–H groups in total. The fourth-order valence-corrected chi connectivity index (χ4v) is 1.54. The number of ketones is 1. The van der Waals surface area contributed by atoms with Gasteiger partial charge in [0.15, 0.2) is 11.7 Å². The van der Waals surface area contributed by atoms with E-state index in [9.17, 15) is 15.0 Å². The van der Waals surface area contributed by atoms with Gasteiger partial charge in [-0.05, 0) is 12.8 Å². The van der Waals surface area contributed by atoms with Crippen LogP contribution in [-0.4, -0.2) is 27.0 Å². The van der Waals surface area contributed by atoms with Crippen LogP contribution in [0.2, 0.25) is 0 Å². The average molecular weight is 226 g/mol. The van der Waals surface area contributed by atoms with Crippen molar-refractivity contribution in [1.82, 2.24) is 4.98 Å². The van der Waals surface area contributed by atoms with E-state index in [0.717, 1.165) is 6.42 Å². The van der Waals surface area contributed by atoms with Crippen molar-refractivity contribution in [3.63, 3.8) is 0 Å². The Labute approximate surface area is 94.3 Å². The van der Waals surface area contributed by atoms with E-state index in [4.69, 9.17) is 5.73 Å². The lowest BCUT2D eigenvalue weighted by molar-refractivity contribution is 0.0931. The fourth-order valence-electron chi connectivity index (χ4n) is 1.54. The molecule has 0 amide bonds.